The van der Waals surface area contributed by atoms with Crippen molar-refractivity contribution in [2.45, 2.75) is 25.0 Å². The lowest BCUT2D eigenvalue weighted by Crippen LogP contribution is -2.59. The molecule has 0 spiro atoms. The van der Waals surface area contributed by atoms with Crippen molar-refractivity contribution in [3.63, 3.8) is 0 Å². The number of carbonyl (C=O) groups is 1. The topological polar surface area (TPSA) is 62.1 Å². The molecule has 1 amide bonds. The van der Waals surface area contributed by atoms with Crippen LogP contribution in [-0.2, 0) is 16.1 Å². The molecule has 7 heteroatoms. The summed E-state index contributed by atoms with van der Waals surface area (Å²) in [7, 11) is 1.67. The molecule has 140 valence electrons. The second-order valence-electron chi connectivity index (χ2n) is 7.22. The average Bonchev–Trinajstić information content (AvgIpc) is 3.11. The Bertz CT molecular complexity index is 727. The average molecular weight is 357 g/mol. The molecule has 0 atom stereocenters. The van der Waals surface area contributed by atoms with Gasteiger partial charge in [-0.15, -0.1) is 0 Å². The number of piperazine rings is 1. The predicted octanol–water partition coefficient (Wildman–Crippen LogP) is 0.747. The lowest BCUT2D eigenvalue weighted by Gasteiger charge is -2.42. The quantitative estimate of drug-likeness (QED) is 0.875. The van der Waals surface area contributed by atoms with Crippen LogP contribution in [0.25, 0.3) is 5.65 Å². The van der Waals surface area contributed by atoms with Gasteiger partial charge in [-0.2, -0.15) is 0 Å². The van der Waals surface area contributed by atoms with Crippen LogP contribution in [0.5, 0.6) is 0 Å². The Morgan fingerprint density at radius 3 is 2.69 bits per heavy atom. The van der Waals surface area contributed by atoms with Crippen molar-refractivity contribution in [3.8, 4) is 0 Å². The molecule has 26 heavy (non-hydrogen) atoms. The first kappa shape index (κ1) is 17.5. The Labute approximate surface area is 153 Å². The number of hydrogen-bond donors (Lipinski definition) is 1. The standard InChI is InChI=1S/C19H27N5O2/c1-26-19(5-7-20-8-6-19)18(25)23-12-10-22(11-13-23)14-16-15-24-9-3-2-4-17(24)21-16/h2-4,9,15,20H,5-8,10-14H2,1H3. The minimum absolute atomic E-state index is 0.161. The minimum Gasteiger partial charge on any atom is -0.368 e. The van der Waals surface area contributed by atoms with Gasteiger partial charge in [0.15, 0.2) is 0 Å². The number of nitrogens with one attached hydrogen (secondary N) is 1. The van der Waals surface area contributed by atoms with E-state index >= 15 is 0 Å². The molecule has 2 aromatic rings. The summed E-state index contributed by atoms with van der Waals surface area (Å²) in [5, 5.41) is 3.31. The number of amides is 1. The van der Waals surface area contributed by atoms with Gasteiger partial charge in [-0.3, -0.25) is 9.69 Å². The Kier molecular flexibility index (Phi) is 4.93. The van der Waals surface area contributed by atoms with Gasteiger partial charge in [0, 0.05) is 52.2 Å². The molecule has 0 unspecified atom stereocenters. The number of aromatic nitrogens is 2. The highest BCUT2D eigenvalue weighted by Gasteiger charge is 2.42. The summed E-state index contributed by atoms with van der Waals surface area (Å²) in [6, 6.07) is 6.03. The lowest BCUT2D eigenvalue weighted by atomic mass is 9.90. The molecule has 2 aromatic heterocycles. The predicted molar refractivity (Wildman–Crippen MR) is 98.9 cm³/mol. The molecule has 1 N–H and O–H groups in total. The minimum atomic E-state index is -0.630. The van der Waals surface area contributed by atoms with Gasteiger partial charge in [0.2, 0.25) is 0 Å². The highest BCUT2D eigenvalue weighted by Crippen LogP contribution is 2.26. The summed E-state index contributed by atoms with van der Waals surface area (Å²) in [5.74, 6) is 0.161. The zero-order valence-corrected chi connectivity index (χ0v) is 15.4. The van der Waals surface area contributed by atoms with Crippen LogP contribution in [0.3, 0.4) is 0 Å². The molecular weight excluding hydrogens is 330 g/mol. The summed E-state index contributed by atoms with van der Waals surface area (Å²) >= 11 is 0. The molecule has 7 nitrogen and oxygen atoms in total. The van der Waals surface area contributed by atoms with Crippen molar-refractivity contribution in [2.75, 3.05) is 46.4 Å². The third-order valence-electron chi connectivity index (χ3n) is 5.65. The number of imidazole rings is 1. The first-order valence-corrected chi connectivity index (χ1v) is 9.40. The monoisotopic (exact) mass is 357 g/mol. The van der Waals surface area contributed by atoms with Gasteiger partial charge in [-0.25, -0.2) is 4.98 Å². The van der Waals surface area contributed by atoms with E-state index < -0.39 is 5.60 Å². The van der Waals surface area contributed by atoms with Crippen molar-refractivity contribution in [1.29, 1.82) is 0 Å². The fourth-order valence-electron chi connectivity index (χ4n) is 4.03. The Balaban J connectivity index is 1.35. The van der Waals surface area contributed by atoms with Gasteiger partial charge in [0.1, 0.15) is 11.2 Å². The smallest absolute Gasteiger partial charge is 0.254 e. The third kappa shape index (κ3) is 3.34. The largest absolute Gasteiger partial charge is 0.368 e. The molecule has 2 saturated heterocycles. The molecule has 0 radical (unpaired) electrons. The number of nitrogens with zero attached hydrogens (tertiary/aromatic N) is 4. The van der Waals surface area contributed by atoms with Crippen LogP contribution in [0.4, 0.5) is 0 Å². The molecule has 2 fully saturated rings. The number of hydrogen-bond acceptors (Lipinski definition) is 5. The van der Waals surface area contributed by atoms with E-state index in [1.54, 1.807) is 7.11 Å². The maximum Gasteiger partial charge on any atom is 0.254 e. The fourth-order valence-corrected chi connectivity index (χ4v) is 4.03. The van der Waals surface area contributed by atoms with Crippen LogP contribution in [0.1, 0.15) is 18.5 Å². The van der Waals surface area contributed by atoms with E-state index in [2.05, 4.69) is 25.8 Å². The van der Waals surface area contributed by atoms with E-state index in [0.717, 1.165) is 70.0 Å². The van der Waals surface area contributed by atoms with E-state index in [0.29, 0.717) is 0 Å². The SMILES string of the molecule is COC1(C(=O)N2CCN(Cc3cn4ccccc4n3)CC2)CCNCC1. The molecule has 0 aromatic carbocycles. The van der Waals surface area contributed by atoms with Gasteiger partial charge in [0.25, 0.3) is 5.91 Å². The summed E-state index contributed by atoms with van der Waals surface area (Å²) in [5.41, 5.74) is 1.42. The molecular formula is C19H27N5O2. The van der Waals surface area contributed by atoms with Gasteiger partial charge < -0.3 is 19.4 Å². The maximum atomic E-state index is 13.0. The number of fused-ring (bicyclic) bond motifs is 1. The third-order valence-corrected chi connectivity index (χ3v) is 5.65. The number of pyridine rings is 1. The molecule has 0 aliphatic carbocycles. The highest BCUT2D eigenvalue weighted by molar-refractivity contribution is 5.85. The van der Waals surface area contributed by atoms with Gasteiger partial charge in [-0.1, -0.05) is 6.07 Å². The zero-order chi connectivity index (χ0) is 18.0. The summed E-state index contributed by atoms with van der Waals surface area (Å²) in [4.78, 5) is 22.0. The molecule has 2 aliphatic rings. The highest BCUT2D eigenvalue weighted by atomic mass is 16.5. The summed E-state index contributed by atoms with van der Waals surface area (Å²) < 4.78 is 7.74. The Hall–Kier alpha value is -1.96. The zero-order valence-electron chi connectivity index (χ0n) is 15.4. The van der Waals surface area contributed by atoms with Gasteiger partial charge in [0.05, 0.1) is 5.69 Å². The maximum absolute atomic E-state index is 13.0. The number of rotatable bonds is 4. The van der Waals surface area contributed by atoms with Crippen LogP contribution in [-0.4, -0.2) is 77.1 Å². The Morgan fingerprint density at radius 2 is 2.00 bits per heavy atom. The first-order chi connectivity index (χ1) is 12.7. The summed E-state index contributed by atoms with van der Waals surface area (Å²) in [6.07, 6.45) is 5.61. The van der Waals surface area contributed by atoms with Gasteiger partial charge in [-0.05, 0) is 38.1 Å². The van der Waals surface area contributed by atoms with E-state index in [1.165, 1.54) is 0 Å². The number of carbonyl (C=O) groups excluding carboxylic acids is 1. The second kappa shape index (κ2) is 7.34. The number of piperidine rings is 1. The van der Waals surface area contributed by atoms with Crippen LogP contribution in [0, 0.1) is 0 Å². The molecule has 0 bridgehead atoms. The van der Waals surface area contributed by atoms with Crippen LogP contribution in [0.15, 0.2) is 30.6 Å². The molecule has 0 saturated carbocycles. The number of methoxy groups -OCH3 is 1. The van der Waals surface area contributed by atoms with Crippen molar-refractivity contribution in [1.82, 2.24) is 24.5 Å². The summed E-state index contributed by atoms with van der Waals surface area (Å²) in [6.45, 7) is 5.76. The Morgan fingerprint density at radius 1 is 1.23 bits per heavy atom. The molecule has 4 heterocycles. The van der Waals surface area contributed by atoms with E-state index in [4.69, 9.17) is 4.74 Å². The fraction of sp³-hybridized carbons (Fsp3) is 0.579. The first-order valence-electron chi connectivity index (χ1n) is 9.40. The van der Waals surface area contributed by atoms with Crippen molar-refractivity contribution >= 4 is 11.6 Å². The van der Waals surface area contributed by atoms with Crippen molar-refractivity contribution < 1.29 is 9.53 Å². The van der Waals surface area contributed by atoms with Crippen LogP contribution in [0.2, 0.25) is 0 Å². The normalized spacial score (nSPS) is 21.2. The molecule has 2 aliphatic heterocycles. The number of ether oxygens (including phenoxy) is 1. The van der Waals surface area contributed by atoms with Crippen molar-refractivity contribution in [2.24, 2.45) is 0 Å². The molecule has 4 rings (SSSR count). The van der Waals surface area contributed by atoms with Crippen LogP contribution >= 0.6 is 0 Å². The van der Waals surface area contributed by atoms with E-state index in [9.17, 15) is 4.79 Å². The van der Waals surface area contributed by atoms with E-state index in [-0.39, 0.29) is 5.91 Å². The van der Waals surface area contributed by atoms with Crippen molar-refractivity contribution in [3.05, 3.63) is 36.3 Å². The van der Waals surface area contributed by atoms with Gasteiger partial charge >= 0.3 is 0 Å². The van der Waals surface area contributed by atoms with Crippen LogP contribution < -0.4 is 5.32 Å². The lowest BCUT2D eigenvalue weighted by molar-refractivity contribution is -0.160. The van der Waals surface area contributed by atoms with E-state index in [1.807, 2.05) is 29.3 Å². The second-order valence-corrected chi connectivity index (χ2v) is 7.22.